The molecule has 4 aromatic rings. The first-order chi connectivity index (χ1) is 12.1. The van der Waals surface area contributed by atoms with Gasteiger partial charge in [0, 0.05) is 16.1 Å². The Hall–Kier alpha value is -2.63. The van der Waals surface area contributed by atoms with E-state index in [2.05, 4.69) is 15.2 Å². The molecule has 0 atom stereocenters. The van der Waals surface area contributed by atoms with Crippen molar-refractivity contribution in [2.24, 2.45) is 0 Å². The zero-order valence-electron chi connectivity index (χ0n) is 12.8. The summed E-state index contributed by atoms with van der Waals surface area (Å²) in [4.78, 5) is 15.1. The highest BCUT2D eigenvalue weighted by Gasteiger charge is 2.14. The quantitative estimate of drug-likeness (QED) is 0.576. The van der Waals surface area contributed by atoms with E-state index in [0.717, 1.165) is 10.9 Å². The van der Waals surface area contributed by atoms with Gasteiger partial charge in [-0.25, -0.2) is 0 Å². The van der Waals surface area contributed by atoms with Crippen molar-refractivity contribution in [3.8, 4) is 11.5 Å². The van der Waals surface area contributed by atoms with E-state index in [1.54, 1.807) is 18.2 Å². The number of halogens is 2. The number of fused-ring (bicyclic) bond motifs is 1. The average Bonchev–Trinajstić information content (AvgIpc) is 3.06. The van der Waals surface area contributed by atoms with E-state index in [0.29, 0.717) is 27.1 Å². The lowest BCUT2D eigenvalue weighted by molar-refractivity contribution is 0.517. The first-order valence-corrected chi connectivity index (χ1v) is 8.24. The van der Waals surface area contributed by atoms with Crippen molar-refractivity contribution in [3.63, 3.8) is 0 Å². The molecule has 0 unspecified atom stereocenters. The number of pyridine rings is 1. The molecule has 0 aliphatic heterocycles. The number of hydrogen-bond acceptors (Lipinski definition) is 4. The third kappa shape index (κ3) is 3.16. The highest BCUT2D eigenvalue weighted by Crippen LogP contribution is 2.29. The number of rotatable bonds is 3. The standard InChI is InChI=1S/C18H11Cl2N3O2/c19-12-5-6-14(20)13(9-12)18-23-22-16(25-18)8-11-7-10-3-1-2-4-15(10)21-17(11)24/h1-7,9H,8H2,(H,21,24). The maximum absolute atomic E-state index is 12.2. The average molecular weight is 372 g/mol. The monoisotopic (exact) mass is 371 g/mol. The lowest BCUT2D eigenvalue weighted by Gasteiger charge is -2.01. The smallest absolute Gasteiger partial charge is 0.252 e. The van der Waals surface area contributed by atoms with Crippen molar-refractivity contribution in [2.75, 3.05) is 0 Å². The second-order valence-corrected chi connectivity index (χ2v) is 6.36. The minimum absolute atomic E-state index is 0.181. The second kappa shape index (κ2) is 6.35. The van der Waals surface area contributed by atoms with E-state index >= 15 is 0 Å². The van der Waals surface area contributed by atoms with Crippen LogP contribution in [-0.2, 0) is 6.42 Å². The Labute approximate surface area is 152 Å². The van der Waals surface area contributed by atoms with Gasteiger partial charge in [0.1, 0.15) is 0 Å². The fraction of sp³-hybridized carbons (Fsp3) is 0.0556. The molecule has 1 N–H and O–H groups in total. The van der Waals surface area contributed by atoms with Crippen LogP contribution in [0.4, 0.5) is 0 Å². The van der Waals surface area contributed by atoms with Crippen LogP contribution in [0.3, 0.4) is 0 Å². The summed E-state index contributed by atoms with van der Waals surface area (Å²) in [7, 11) is 0. The van der Waals surface area contributed by atoms with E-state index in [-0.39, 0.29) is 17.9 Å². The topological polar surface area (TPSA) is 71.8 Å². The van der Waals surface area contributed by atoms with Crippen LogP contribution >= 0.6 is 23.2 Å². The van der Waals surface area contributed by atoms with Crippen LogP contribution in [0.5, 0.6) is 0 Å². The Morgan fingerprint density at radius 1 is 1.04 bits per heavy atom. The van der Waals surface area contributed by atoms with Gasteiger partial charge in [-0.05, 0) is 35.7 Å². The highest BCUT2D eigenvalue weighted by atomic mass is 35.5. The summed E-state index contributed by atoms with van der Waals surface area (Å²) in [6.07, 6.45) is 0.228. The van der Waals surface area contributed by atoms with Crippen molar-refractivity contribution < 1.29 is 4.42 Å². The SMILES string of the molecule is O=c1[nH]c2ccccc2cc1Cc1nnc(-c2cc(Cl)ccc2Cl)o1. The molecule has 2 aromatic heterocycles. The molecule has 0 spiro atoms. The molecule has 124 valence electrons. The van der Waals surface area contributed by atoms with Crippen LogP contribution in [-0.4, -0.2) is 15.2 Å². The maximum Gasteiger partial charge on any atom is 0.252 e. The van der Waals surface area contributed by atoms with E-state index in [9.17, 15) is 4.79 Å². The summed E-state index contributed by atoms with van der Waals surface area (Å²) >= 11 is 12.1. The molecule has 4 rings (SSSR count). The van der Waals surface area contributed by atoms with Gasteiger partial charge in [-0.15, -0.1) is 10.2 Å². The Kier molecular flexibility index (Phi) is 4.03. The summed E-state index contributed by atoms with van der Waals surface area (Å²) < 4.78 is 5.66. The summed E-state index contributed by atoms with van der Waals surface area (Å²) in [5.74, 6) is 0.589. The van der Waals surface area contributed by atoms with Gasteiger partial charge in [0.05, 0.1) is 17.0 Å². The van der Waals surface area contributed by atoms with Gasteiger partial charge in [-0.1, -0.05) is 41.4 Å². The number of benzene rings is 2. The Bertz CT molecular complexity index is 1130. The third-order valence-corrected chi connectivity index (χ3v) is 4.36. The summed E-state index contributed by atoms with van der Waals surface area (Å²) in [5, 5.41) is 9.93. The Morgan fingerprint density at radius 3 is 2.76 bits per heavy atom. The molecule has 0 aliphatic carbocycles. The molecular formula is C18H11Cl2N3O2. The fourth-order valence-electron chi connectivity index (χ4n) is 2.58. The van der Waals surface area contributed by atoms with Crippen LogP contribution in [0.1, 0.15) is 11.5 Å². The molecule has 7 heteroatoms. The predicted molar refractivity (Wildman–Crippen MR) is 97.1 cm³/mol. The van der Waals surface area contributed by atoms with Gasteiger partial charge < -0.3 is 9.40 Å². The Balaban J connectivity index is 1.69. The van der Waals surface area contributed by atoms with E-state index in [4.69, 9.17) is 27.6 Å². The number of aromatic nitrogens is 3. The molecule has 0 aliphatic rings. The van der Waals surface area contributed by atoms with Crippen LogP contribution in [0.15, 0.2) is 57.7 Å². The fourth-order valence-corrected chi connectivity index (χ4v) is 2.95. The normalized spacial score (nSPS) is 11.1. The second-order valence-electron chi connectivity index (χ2n) is 5.51. The lowest BCUT2D eigenvalue weighted by atomic mass is 10.1. The largest absolute Gasteiger partial charge is 0.420 e. The molecule has 0 amide bonds. The minimum Gasteiger partial charge on any atom is -0.420 e. The number of aromatic amines is 1. The van der Waals surface area contributed by atoms with Crippen LogP contribution in [0.2, 0.25) is 10.0 Å². The van der Waals surface area contributed by atoms with E-state index < -0.39 is 0 Å². The minimum atomic E-state index is -0.181. The molecule has 0 saturated carbocycles. The Morgan fingerprint density at radius 2 is 1.88 bits per heavy atom. The van der Waals surface area contributed by atoms with Gasteiger partial charge in [-0.3, -0.25) is 4.79 Å². The molecule has 0 radical (unpaired) electrons. The highest BCUT2D eigenvalue weighted by molar-refractivity contribution is 6.35. The number of H-pyrrole nitrogens is 1. The van der Waals surface area contributed by atoms with E-state index in [1.807, 2.05) is 30.3 Å². The van der Waals surface area contributed by atoms with Gasteiger partial charge in [0.25, 0.3) is 5.56 Å². The van der Waals surface area contributed by atoms with Crippen molar-refractivity contribution >= 4 is 34.1 Å². The molecule has 0 fully saturated rings. The van der Waals surface area contributed by atoms with Gasteiger partial charge in [-0.2, -0.15) is 0 Å². The van der Waals surface area contributed by atoms with Crippen molar-refractivity contribution in [3.05, 3.63) is 80.4 Å². The molecule has 5 nitrogen and oxygen atoms in total. The van der Waals surface area contributed by atoms with Gasteiger partial charge in [0.15, 0.2) is 0 Å². The van der Waals surface area contributed by atoms with Crippen LogP contribution in [0, 0.1) is 0 Å². The molecular weight excluding hydrogens is 361 g/mol. The van der Waals surface area contributed by atoms with Crippen LogP contribution < -0.4 is 5.56 Å². The third-order valence-electron chi connectivity index (χ3n) is 3.80. The molecule has 0 bridgehead atoms. The lowest BCUT2D eigenvalue weighted by Crippen LogP contribution is -2.12. The zero-order chi connectivity index (χ0) is 17.4. The zero-order valence-corrected chi connectivity index (χ0v) is 14.3. The van der Waals surface area contributed by atoms with Crippen LogP contribution in [0.25, 0.3) is 22.4 Å². The number of nitrogens with zero attached hydrogens (tertiary/aromatic N) is 2. The number of hydrogen-bond donors (Lipinski definition) is 1. The number of nitrogens with one attached hydrogen (secondary N) is 1. The maximum atomic E-state index is 12.2. The molecule has 2 aromatic carbocycles. The molecule has 0 saturated heterocycles. The van der Waals surface area contributed by atoms with Gasteiger partial charge in [0.2, 0.25) is 11.8 Å². The molecule has 25 heavy (non-hydrogen) atoms. The summed E-state index contributed by atoms with van der Waals surface area (Å²) in [6, 6.07) is 14.4. The number of para-hydroxylation sites is 1. The predicted octanol–water partition coefficient (Wildman–Crippen LogP) is 4.48. The van der Waals surface area contributed by atoms with Crippen molar-refractivity contribution in [2.45, 2.75) is 6.42 Å². The summed E-state index contributed by atoms with van der Waals surface area (Å²) in [6.45, 7) is 0. The van der Waals surface area contributed by atoms with Gasteiger partial charge >= 0.3 is 0 Å². The van der Waals surface area contributed by atoms with Crippen molar-refractivity contribution in [1.82, 2.24) is 15.2 Å². The first kappa shape index (κ1) is 15.9. The van der Waals surface area contributed by atoms with Crippen molar-refractivity contribution in [1.29, 1.82) is 0 Å². The molecule has 2 heterocycles. The van der Waals surface area contributed by atoms with E-state index in [1.165, 1.54) is 0 Å². The first-order valence-electron chi connectivity index (χ1n) is 7.49. The summed E-state index contributed by atoms with van der Waals surface area (Å²) in [5.41, 5.74) is 1.71.